The van der Waals surface area contributed by atoms with Crippen molar-refractivity contribution in [1.82, 2.24) is 0 Å². The van der Waals surface area contributed by atoms with Gasteiger partial charge in [-0.05, 0) is 17.5 Å². The van der Waals surface area contributed by atoms with Crippen molar-refractivity contribution in [3.05, 3.63) is 77.4 Å². The van der Waals surface area contributed by atoms with Crippen LogP contribution in [0.15, 0.2) is 60.7 Å². The summed E-state index contributed by atoms with van der Waals surface area (Å²) in [6.07, 6.45) is 0.884. The highest BCUT2D eigenvalue weighted by Crippen LogP contribution is 2.32. The standard InChI is InChI=1S/C18H14BrFO/c19-16(12-6-2-1-3-7-12)11-14-10-13-8-4-5-9-15(13)18(21)17(14)20/h1-9,11,14,17H,10H2. The van der Waals surface area contributed by atoms with E-state index in [0.717, 1.165) is 15.6 Å². The molecule has 0 N–H and O–H groups in total. The molecule has 0 fully saturated rings. The first-order chi connectivity index (χ1) is 10.2. The maximum atomic E-state index is 14.4. The molecule has 0 spiro atoms. The lowest BCUT2D eigenvalue weighted by atomic mass is 9.81. The zero-order chi connectivity index (χ0) is 14.8. The van der Waals surface area contributed by atoms with Gasteiger partial charge in [-0.2, -0.15) is 0 Å². The molecule has 0 heterocycles. The van der Waals surface area contributed by atoms with Gasteiger partial charge in [0.05, 0.1) is 0 Å². The third-order valence-electron chi connectivity index (χ3n) is 3.77. The molecule has 1 aliphatic rings. The van der Waals surface area contributed by atoms with E-state index in [2.05, 4.69) is 15.9 Å². The number of rotatable bonds is 2. The van der Waals surface area contributed by atoms with Gasteiger partial charge < -0.3 is 0 Å². The van der Waals surface area contributed by atoms with Crippen molar-refractivity contribution < 1.29 is 9.18 Å². The van der Waals surface area contributed by atoms with Crippen LogP contribution in [0.5, 0.6) is 0 Å². The van der Waals surface area contributed by atoms with Crippen molar-refractivity contribution in [3.8, 4) is 0 Å². The maximum absolute atomic E-state index is 14.4. The van der Waals surface area contributed by atoms with E-state index in [-0.39, 0.29) is 0 Å². The molecule has 3 heteroatoms. The van der Waals surface area contributed by atoms with Gasteiger partial charge in [0, 0.05) is 16.0 Å². The Bertz CT molecular complexity index is 693. The zero-order valence-corrected chi connectivity index (χ0v) is 12.9. The van der Waals surface area contributed by atoms with Crippen LogP contribution in [0.2, 0.25) is 0 Å². The Morgan fingerprint density at radius 1 is 1.10 bits per heavy atom. The highest BCUT2D eigenvalue weighted by molar-refractivity contribution is 9.15. The number of carbonyl (C=O) groups is 1. The van der Waals surface area contributed by atoms with E-state index in [1.165, 1.54) is 0 Å². The average Bonchev–Trinajstić information content (AvgIpc) is 2.53. The van der Waals surface area contributed by atoms with Crippen LogP contribution in [0.4, 0.5) is 4.39 Å². The fraction of sp³-hybridized carbons (Fsp3) is 0.167. The second-order valence-electron chi connectivity index (χ2n) is 5.17. The quantitative estimate of drug-likeness (QED) is 0.763. The molecule has 0 saturated carbocycles. The van der Waals surface area contributed by atoms with Crippen molar-refractivity contribution in [2.24, 2.45) is 5.92 Å². The van der Waals surface area contributed by atoms with Crippen molar-refractivity contribution >= 4 is 26.2 Å². The Labute approximate surface area is 131 Å². The number of carbonyl (C=O) groups excluding carboxylic acids is 1. The summed E-state index contributed by atoms with van der Waals surface area (Å²) in [4.78, 5) is 12.1. The van der Waals surface area contributed by atoms with E-state index in [0.29, 0.717) is 12.0 Å². The fourth-order valence-corrected chi connectivity index (χ4v) is 3.27. The van der Waals surface area contributed by atoms with Crippen LogP contribution >= 0.6 is 15.9 Å². The van der Waals surface area contributed by atoms with Crippen LogP contribution < -0.4 is 0 Å². The first kappa shape index (κ1) is 14.2. The molecule has 0 saturated heterocycles. The van der Waals surface area contributed by atoms with Crippen molar-refractivity contribution in [1.29, 1.82) is 0 Å². The summed E-state index contributed by atoms with van der Waals surface area (Å²) < 4.78 is 15.2. The summed E-state index contributed by atoms with van der Waals surface area (Å²) in [5, 5.41) is 0. The summed E-state index contributed by atoms with van der Waals surface area (Å²) in [7, 11) is 0. The molecule has 21 heavy (non-hydrogen) atoms. The van der Waals surface area contributed by atoms with E-state index < -0.39 is 17.9 Å². The molecule has 0 bridgehead atoms. The minimum atomic E-state index is -1.48. The zero-order valence-electron chi connectivity index (χ0n) is 11.3. The molecule has 0 radical (unpaired) electrons. The van der Waals surface area contributed by atoms with E-state index in [9.17, 15) is 9.18 Å². The van der Waals surface area contributed by atoms with Gasteiger partial charge in [-0.1, -0.05) is 76.6 Å². The molecule has 2 unspecified atom stereocenters. The average molecular weight is 345 g/mol. The summed E-state index contributed by atoms with van der Waals surface area (Å²) in [6.45, 7) is 0. The summed E-state index contributed by atoms with van der Waals surface area (Å²) in [5.41, 5.74) is 2.42. The van der Waals surface area contributed by atoms with E-state index in [4.69, 9.17) is 0 Å². The normalized spacial score (nSPS) is 22.0. The molecule has 2 atom stereocenters. The Balaban J connectivity index is 1.92. The summed E-state index contributed by atoms with van der Waals surface area (Å²) in [6, 6.07) is 17.0. The molecule has 0 aliphatic heterocycles. The van der Waals surface area contributed by atoms with Gasteiger partial charge in [0.25, 0.3) is 0 Å². The van der Waals surface area contributed by atoms with Gasteiger partial charge in [-0.3, -0.25) is 4.79 Å². The SMILES string of the molecule is O=C1c2ccccc2CC(C=C(Br)c2ccccc2)C1F. The van der Waals surface area contributed by atoms with Gasteiger partial charge in [0.15, 0.2) is 12.0 Å². The monoisotopic (exact) mass is 344 g/mol. The van der Waals surface area contributed by atoms with Gasteiger partial charge in [-0.15, -0.1) is 0 Å². The molecule has 3 rings (SSSR count). The predicted octanol–water partition coefficient (Wildman–Crippen LogP) is 4.82. The number of fused-ring (bicyclic) bond motifs is 1. The van der Waals surface area contributed by atoms with Crippen molar-refractivity contribution in [2.75, 3.05) is 0 Å². The highest BCUT2D eigenvalue weighted by atomic mass is 79.9. The van der Waals surface area contributed by atoms with Crippen LogP contribution in [0.1, 0.15) is 21.5 Å². The molecule has 0 aromatic heterocycles. The second-order valence-corrected chi connectivity index (χ2v) is 6.03. The van der Waals surface area contributed by atoms with Gasteiger partial charge in [0.1, 0.15) is 0 Å². The van der Waals surface area contributed by atoms with E-state index >= 15 is 0 Å². The Hall–Kier alpha value is -1.74. The first-order valence-electron chi connectivity index (χ1n) is 6.86. The second kappa shape index (κ2) is 5.94. The number of ketones is 1. The fourth-order valence-electron chi connectivity index (χ4n) is 2.66. The number of hydrogen-bond acceptors (Lipinski definition) is 1. The minimum Gasteiger partial charge on any atom is -0.291 e. The minimum absolute atomic E-state index is 0.411. The van der Waals surface area contributed by atoms with Gasteiger partial charge >= 0.3 is 0 Å². The largest absolute Gasteiger partial charge is 0.291 e. The smallest absolute Gasteiger partial charge is 0.197 e. The predicted molar refractivity (Wildman–Crippen MR) is 86.2 cm³/mol. The van der Waals surface area contributed by atoms with Crippen molar-refractivity contribution in [2.45, 2.75) is 12.6 Å². The number of alkyl halides is 1. The number of hydrogen-bond donors (Lipinski definition) is 0. The lowest BCUT2D eigenvalue weighted by Crippen LogP contribution is -2.32. The molecule has 2 aromatic rings. The lowest BCUT2D eigenvalue weighted by Gasteiger charge is -2.25. The van der Waals surface area contributed by atoms with Crippen molar-refractivity contribution in [3.63, 3.8) is 0 Å². The Morgan fingerprint density at radius 2 is 1.76 bits per heavy atom. The van der Waals surface area contributed by atoms with Crippen LogP contribution in [-0.2, 0) is 6.42 Å². The Morgan fingerprint density at radius 3 is 2.52 bits per heavy atom. The van der Waals surface area contributed by atoms with E-state index in [1.807, 2.05) is 48.5 Å². The molecule has 2 aromatic carbocycles. The van der Waals surface area contributed by atoms with Crippen LogP contribution in [0.3, 0.4) is 0 Å². The van der Waals surface area contributed by atoms with Gasteiger partial charge in [-0.25, -0.2) is 4.39 Å². The molecular formula is C18H14BrFO. The number of allylic oxidation sites excluding steroid dienone is 1. The molecule has 106 valence electrons. The number of Topliss-reactive ketones (excluding diaryl/α,β-unsaturated/α-hetero) is 1. The van der Waals surface area contributed by atoms with E-state index in [1.54, 1.807) is 12.1 Å². The highest BCUT2D eigenvalue weighted by Gasteiger charge is 2.34. The molecule has 0 amide bonds. The van der Waals surface area contributed by atoms with Gasteiger partial charge in [0.2, 0.25) is 0 Å². The summed E-state index contributed by atoms with van der Waals surface area (Å²) >= 11 is 3.49. The molecule has 1 nitrogen and oxygen atoms in total. The van der Waals surface area contributed by atoms with Crippen LogP contribution in [0, 0.1) is 5.92 Å². The number of halogens is 2. The third kappa shape index (κ3) is 2.84. The Kier molecular flexibility index (Phi) is 4.02. The summed E-state index contributed by atoms with van der Waals surface area (Å²) in [5.74, 6) is -0.839. The van der Waals surface area contributed by atoms with Crippen LogP contribution in [-0.4, -0.2) is 12.0 Å². The lowest BCUT2D eigenvalue weighted by molar-refractivity contribution is 0.0817. The maximum Gasteiger partial charge on any atom is 0.197 e. The topological polar surface area (TPSA) is 17.1 Å². The molecular weight excluding hydrogens is 331 g/mol. The first-order valence-corrected chi connectivity index (χ1v) is 7.65. The molecule has 1 aliphatic carbocycles. The third-order valence-corrected chi connectivity index (χ3v) is 4.50. The number of benzene rings is 2. The van der Waals surface area contributed by atoms with Crippen LogP contribution in [0.25, 0.3) is 4.48 Å².